The normalized spacial score (nSPS) is 12.0. The van der Waals surface area contributed by atoms with Crippen LogP contribution < -0.4 is 5.32 Å². The van der Waals surface area contributed by atoms with Crippen LogP contribution in [0.1, 0.15) is 50.5 Å². The van der Waals surface area contributed by atoms with Crippen molar-refractivity contribution in [3.8, 4) is 0 Å². The van der Waals surface area contributed by atoms with Crippen LogP contribution in [0.2, 0.25) is 0 Å². The second-order valence-electron chi connectivity index (χ2n) is 8.14. The zero-order chi connectivity index (χ0) is 21.6. The van der Waals surface area contributed by atoms with Crippen molar-refractivity contribution in [2.24, 2.45) is 11.8 Å². The first-order valence-corrected chi connectivity index (χ1v) is 11.6. The molecule has 0 unspecified atom stereocenters. The fourth-order valence-corrected chi connectivity index (χ4v) is 4.81. The molecule has 0 aliphatic rings. The van der Waals surface area contributed by atoms with E-state index in [9.17, 15) is 13.2 Å². The number of nitrogens with one attached hydrogen (secondary N) is 1. The maximum atomic E-state index is 13.1. The molecule has 0 atom stereocenters. The second-order valence-corrected chi connectivity index (χ2v) is 10.1. The van der Waals surface area contributed by atoms with E-state index >= 15 is 0 Å². The van der Waals surface area contributed by atoms with Gasteiger partial charge in [-0.2, -0.15) is 4.31 Å². The van der Waals surface area contributed by atoms with Crippen LogP contribution in [0.25, 0.3) is 0 Å². The van der Waals surface area contributed by atoms with Crippen molar-refractivity contribution in [3.63, 3.8) is 0 Å². The molecule has 6 heteroatoms. The summed E-state index contributed by atoms with van der Waals surface area (Å²) in [6.45, 7) is 11.0. The first-order chi connectivity index (χ1) is 13.6. The highest BCUT2D eigenvalue weighted by Gasteiger charge is 2.26. The number of nitrogens with zero attached hydrogens (tertiary/aromatic N) is 1. The molecule has 0 aromatic heterocycles. The monoisotopic (exact) mass is 416 g/mol. The highest BCUT2D eigenvalue weighted by Crippen LogP contribution is 2.20. The number of anilines is 1. The van der Waals surface area contributed by atoms with Crippen molar-refractivity contribution in [3.05, 3.63) is 59.7 Å². The van der Waals surface area contributed by atoms with Crippen molar-refractivity contribution in [1.29, 1.82) is 0 Å². The van der Waals surface area contributed by atoms with E-state index in [1.54, 1.807) is 12.1 Å². The van der Waals surface area contributed by atoms with Gasteiger partial charge in [-0.1, -0.05) is 46.8 Å². The van der Waals surface area contributed by atoms with Crippen LogP contribution >= 0.6 is 0 Å². The van der Waals surface area contributed by atoms with Gasteiger partial charge in [-0.15, -0.1) is 0 Å². The smallest absolute Gasteiger partial charge is 0.255 e. The number of hydrogen-bond acceptors (Lipinski definition) is 3. The lowest BCUT2D eigenvalue weighted by Crippen LogP contribution is -2.37. The molecular weight excluding hydrogens is 384 g/mol. The molecule has 2 aromatic rings. The van der Waals surface area contributed by atoms with Gasteiger partial charge >= 0.3 is 0 Å². The van der Waals surface area contributed by atoms with Crippen molar-refractivity contribution in [2.75, 3.05) is 18.4 Å². The number of rotatable bonds is 9. The number of amides is 1. The van der Waals surface area contributed by atoms with Gasteiger partial charge in [0.25, 0.3) is 5.91 Å². The summed E-state index contributed by atoms with van der Waals surface area (Å²) in [4.78, 5) is 12.7. The highest BCUT2D eigenvalue weighted by molar-refractivity contribution is 7.89. The average Bonchev–Trinajstić information content (AvgIpc) is 2.67. The summed E-state index contributed by atoms with van der Waals surface area (Å²) in [5.74, 6) is 0.194. The number of carbonyl (C=O) groups excluding carboxylic acids is 1. The molecule has 0 aliphatic carbocycles. The molecule has 0 radical (unpaired) electrons. The van der Waals surface area contributed by atoms with E-state index in [0.29, 0.717) is 24.3 Å². The van der Waals surface area contributed by atoms with Crippen molar-refractivity contribution < 1.29 is 13.2 Å². The van der Waals surface area contributed by atoms with E-state index in [1.165, 1.54) is 22.0 Å². The minimum atomic E-state index is -3.60. The van der Waals surface area contributed by atoms with Gasteiger partial charge in [0.05, 0.1) is 4.90 Å². The van der Waals surface area contributed by atoms with Crippen LogP contribution in [0.15, 0.2) is 53.4 Å². The maximum Gasteiger partial charge on any atom is 0.255 e. The van der Waals surface area contributed by atoms with Gasteiger partial charge in [0.1, 0.15) is 0 Å². The molecule has 0 fully saturated rings. The molecule has 1 N–H and O–H groups in total. The molecule has 2 aromatic carbocycles. The third kappa shape index (κ3) is 6.41. The van der Waals surface area contributed by atoms with Gasteiger partial charge in [0.2, 0.25) is 10.0 Å². The molecule has 0 bridgehead atoms. The van der Waals surface area contributed by atoms with E-state index in [2.05, 4.69) is 12.2 Å². The fourth-order valence-electron chi connectivity index (χ4n) is 3.04. The molecule has 29 heavy (non-hydrogen) atoms. The first kappa shape index (κ1) is 23.1. The number of hydrogen-bond donors (Lipinski definition) is 1. The van der Waals surface area contributed by atoms with E-state index in [-0.39, 0.29) is 22.6 Å². The Labute approximate surface area is 175 Å². The summed E-state index contributed by atoms with van der Waals surface area (Å²) < 4.78 is 27.7. The molecule has 158 valence electrons. The Balaban J connectivity index is 2.17. The van der Waals surface area contributed by atoms with Crippen LogP contribution in [-0.2, 0) is 16.4 Å². The first-order valence-electron chi connectivity index (χ1n) is 10.1. The lowest BCUT2D eigenvalue weighted by molar-refractivity contribution is 0.102. The Morgan fingerprint density at radius 2 is 1.41 bits per heavy atom. The highest BCUT2D eigenvalue weighted by atomic mass is 32.2. The molecule has 1 amide bonds. The van der Waals surface area contributed by atoms with Crippen LogP contribution in [0, 0.1) is 11.8 Å². The van der Waals surface area contributed by atoms with E-state index in [1.807, 2.05) is 52.0 Å². The third-order valence-corrected chi connectivity index (χ3v) is 6.36. The number of aryl methyl sites for hydroxylation is 1. The molecule has 0 aliphatic heterocycles. The predicted molar refractivity (Wildman–Crippen MR) is 119 cm³/mol. The largest absolute Gasteiger partial charge is 0.322 e. The van der Waals surface area contributed by atoms with Gasteiger partial charge in [0.15, 0.2) is 0 Å². The number of carbonyl (C=O) groups is 1. The van der Waals surface area contributed by atoms with Crippen molar-refractivity contribution in [1.82, 2.24) is 4.31 Å². The molecule has 5 nitrogen and oxygen atoms in total. The van der Waals surface area contributed by atoms with Crippen LogP contribution in [0.4, 0.5) is 5.69 Å². The van der Waals surface area contributed by atoms with Crippen molar-refractivity contribution >= 4 is 21.6 Å². The second kappa shape index (κ2) is 10.0. The van der Waals surface area contributed by atoms with Crippen LogP contribution in [0.3, 0.4) is 0 Å². The summed E-state index contributed by atoms with van der Waals surface area (Å²) in [6.07, 6.45) is 0.939. The summed E-state index contributed by atoms with van der Waals surface area (Å²) in [7, 11) is -3.60. The zero-order valence-corrected chi connectivity index (χ0v) is 18.8. The van der Waals surface area contributed by atoms with E-state index in [4.69, 9.17) is 0 Å². The Kier molecular flexibility index (Phi) is 7.99. The summed E-state index contributed by atoms with van der Waals surface area (Å²) in [5.41, 5.74) is 2.33. The number of sulfonamides is 1. The quantitative estimate of drug-likeness (QED) is 0.638. The Hall–Kier alpha value is -2.18. The van der Waals surface area contributed by atoms with Crippen LogP contribution in [0.5, 0.6) is 0 Å². The minimum absolute atomic E-state index is 0.211. The maximum absolute atomic E-state index is 13.1. The molecule has 0 saturated carbocycles. The molecule has 2 rings (SSSR count). The minimum Gasteiger partial charge on any atom is -0.322 e. The van der Waals surface area contributed by atoms with Gasteiger partial charge in [-0.3, -0.25) is 4.79 Å². The van der Waals surface area contributed by atoms with Crippen LogP contribution in [-0.4, -0.2) is 31.7 Å². The lowest BCUT2D eigenvalue weighted by atomic mass is 10.1. The summed E-state index contributed by atoms with van der Waals surface area (Å²) >= 11 is 0. The summed E-state index contributed by atoms with van der Waals surface area (Å²) in [6, 6.07) is 13.8. The SMILES string of the molecule is CCc1ccc(NC(=O)c2ccc(S(=O)(=O)N(CC(C)C)CC(C)C)cc2)cc1. The average molecular weight is 417 g/mol. The van der Waals surface area contributed by atoms with Gasteiger partial charge in [-0.05, 0) is 60.2 Å². The van der Waals surface area contributed by atoms with Gasteiger partial charge in [-0.25, -0.2) is 8.42 Å². The Morgan fingerprint density at radius 3 is 1.86 bits per heavy atom. The molecule has 0 heterocycles. The standard InChI is InChI=1S/C23H32N2O3S/c1-6-19-7-11-21(12-8-19)24-23(26)20-9-13-22(14-10-20)29(27,28)25(15-17(2)3)16-18(4)5/h7-14,17-18H,6,15-16H2,1-5H3,(H,24,26). The Morgan fingerprint density at radius 1 is 0.897 bits per heavy atom. The Bertz CT molecular complexity index is 892. The fraction of sp³-hybridized carbons (Fsp3) is 0.435. The number of benzene rings is 2. The molecular formula is C23H32N2O3S. The van der Waals surface area contributed by atoms with Crippen molar-refractivity contribution in [2.45, 2.75) is 45.9 Å². The lowest BCUT2D eigenvalue weighted by Gasteiger charge is -2.25. The van der Waals surface area contributed by atoms with Gasteiger partial charge in [0, 0.05) is 24.3 Å². The molecule has 0 saturated heterocycles. The third-order valence-electron chi connectivity index (χ3n) is 4.51. The summed E-state index contributed by atoms with van der Waals surface area (Å²) in [5, 5.41) is 2.84. The zero-order valence-electron chi connectivity index (χ0n) is 18.0. The van der Waals surface area contributed by atoms with E-state index < -0.39 is 10.0 Å². The van der Waals surface area contributed by atoms with E-state index in [0.717, 1.165) is 6.42 Å². The molecule has 0 spiro atoms. The topological polar surface area (TPSA) is 66.5 Å². The van der Waals surface area contributed by atoms with Gasteiger partial charge < -0.3 is 5.32 Å². The predicted octanol–water partition coefficient (Wildman–Crippen LogP) is 4.80.